The Labute approximate surface area is 118 Å². The van der Waals surface area contributed by atoms with E-state index in [1.165, 1.54) is 4.68 Å². The third kappa shape index (κ3) is 4.84. The normalized spacial score (nSPS) is 11.0. The minimum atomic E-state index is -0.262. The fraction of sp³-hybridized carbons (Fsp3) is 0.692. The van der Waals surface area contributed by atoms with Gasteiger partial charge < -0.3 is 10.4 Å². The van der Waals surface area contributed by atoms with Crippen molar-refractivity contribution in [3.63, 3.8) is 0 Å². The number of anilines is 1. The molecule has 1 aromatic heterocycles. The van der Waals surface area contributed by atoms with E-state index in [1.54, 1.807) is 6.20 Å². The van der Waals surface area contributed by atoms with Crippen LogP contribution in [0.25, 0.3) is 0 Å². The van der Waals surface area contributed by atoms with Crippen LogP contribution >= 0.6 is 11.6 Å². The Morgan fingerprint density at radius 2 is 2.05 bits per heavy atom. The summed E-state index contributed by atoms with van der Waals surface area (Å²) in [5.41, 5.74) is 0.327. The zero-order valence-corrected chi connectivity index (χ0v) is 12.3. The highest BCUT2D eigenvalue weighted by molar-refractivity contribution is 6.32. The number of unbranched alkanes of at least 4 members (excludes halogenated alkanes) is 3. The molecular weight excluding hydrogens is 266 g/mol. The molecule has 0 saturated carbocycles. The number of nitrogens with zero attached hydrogens (tertiary/aromatic N) is 2. The molecule has 0 radical (unpaired) electrons. The molecule has 0 aromatic carbocycles. The van der Waals surface area contributed by atoms with Crippen molar-refractivity contribution in [3.05, 3.63) is 21.6 Å². The van der Waals surface area contributed by atoms with Gasteiger partial charge in [-0.05, 0) is 26.7 Å². The van der Waals surface area contributed by atoms with E-state index in [9.17, 15) is 4.79 Å². The highest BCUT2D eigenvalue weighted by atomic mass is 35.5. The number of aromatic nitrogens is 2. The average molecular weight is 288 g/mol. The summed E-state index contributed by atoms with van der Waals surface area (Å²) < 4.78 is 1.37. The van der Waals surface area contributed by atoms with Crippen molar-refractivity contribution in [1.29, 1.82) is 0 Å². The second-order valence-electron chi connectivity index (χ2n) is 4.78. The molecule has 0 fully saturated rings. The van der Waals surface area contributed by atoms with Gasteiger partial charge in [-0.15, -0.1) is 0 Å². The van der Waals surface area contributed by atoms with Gasteiger partial charge in [-0.25, -0.2) is 4.68 Å². The molecule has 108 valence electrons. The molecule has 2 N–H and O–H groups in total. The average Bonchev–Trinajstić information content (AvgIpc) is 2.38. The van der Waals surface area contributed by atoms with Gasteiger partial charge in [0.1, 0.15) is 5.02 Å². The maximum atomic E-state index is 11.9. The Morgan fingerprint density at radius 1 is 1.37 bits per heavy atom. The van der Waals surface area contributed by atoms with Crippen LogP contribution in [0.2, 0.25) is 5.02 Å². The SMILES string of the molecule is CC(C)n1ncc(NCCCCCCO)c(Cl)c1=O. The first-order valence-electron chi connectivity index (χ1n) is 6.70. The molecule has 0 saturated heterocycles. The number of aliphatic hydroxyl groups excluding tert-OH is 1. The summed E-state index contributed by atoms with van der Waals surface area (Å²) in [6.07, 6.45) is 5.47. The predicted octanol–water partition coefficient (Wildman–Crippen LogP) is 2.44. The van der Waals surface area contributed by atoms with Crippen LogP contribution in [0.1, 0.15) is 45.6 Å². The summed E-state index contributed by atoms with van der Waals surface area (Å²) in [6, 6.07) is -0.00229. The first kappa shape index (κ1) is 16.0. The fourth-order valence-corrected chi connectivity index (χ4v) is 1.95. The zero-order valence-electron chi connectivity index (χ0n) is 11.5. The molecule has 1 aromatic rings. The third-order valence-corrected chi connectivity index (χ3v) is 3.20. The lowest BCUT2D eigenvalue weighted by molar-refractivity contribution is 0.283. The first-order chi connectivity index (χ1) is 9.07. The molecule has 0 bridgehead atoms. The van der Waals surface area contributed by atoms with Crippen molar-refractivity contribution in [1.82, 2.24) is 9.78 Å². The molecule has 0 amide bonds. The molecule has 19 heavy (non-hydrogen) atoms. The van der Waals surface area contributed by atoms with Crippen molar-refractivity contribution in [2.45, 2.75) is 45.6 Å². The van der Waals surface area contributed by atoms with Crippen molar-refractivity contribution in [3.8, 4) is 0 Å². The maximum absolute atomic E-state index is 11.9. The highest BCUT2D eigenvalue weighted by Crippen LogP contribution is 2.16. The molecular formula is C13H22ClN3O2. The lowest BCUT2D eigenvalue weighted by atomic mass is 10.2. The highest BCUT2D eigenvalue weighted by Gasteiger charge is 2.10. The van der Waals surface area contributed by atoms with Crippen molar-refractivity contribution >= 4 is 17.3 Å². The van der Waals surface area contributed by atoms with Crippen LogP contribution in [0.4, 0.5) is 5.69 Å². The third-order valence-electron chi connectivity index (χ3n) is 2.83. The Bertz CT molecular complexity index is 446. The van der Waals surface area contributed by atoms with E-state index >= 15 is 0 Å². The Kier molecular flexibility index (Phi) is 6.87. The number of halogens is 1. The van der Waals surface area contributed by atoms with Gasteiger partial charge in [-0.3, -0.25) is 4.79 Å². The smallest absolute Gasteiger partial charge is 0.287 e. The van der Waals surface area contributed by atoms with E-state index in [2.05, 4.69) is 10.4 Å². The summed E-state index contributed by atoms with van der Waals surface area (Å²) in [5, 5.41) is 16.1. The van der Waals surface area contributed by atoms with E-state index < -0.39 is 0 Å². The van der Waals surface area contributed by atoms with Gasteiger partial charge in [0.05, 0.1) is 17.9 Å². The minimum Gasteiger partial charge on any atom is -0.396 e. The fourth-order valence-electron chi connectivity index (χ4n) is 1.75. The molecule has 6 heteroatoms. The number of rotatable bonds is 8. The van der Waals surface area contributed by atoms with Crippen LogP contribution in [-0.4, -0.2) is 28.0 Å². The van der Waals surface area contributed by atoms with Gasteiger partial charge in [0.25, 0.3) is 5.56 Å². The number of hydrogen-bond donors (Lipinski definition) is 2. The largest absolute Gasteiger partial charge is 0.396 e. The van der Waals surface area contributed by atoms with Crippen molar-refractivity contribution < 1.29 is 5.11 Å². The number of nitrogens with one attached hydrogen (secondary N) is 1. The zero-order chi connectivity index (χ0) is 14.3. The molecule has 5 nitrogen and oxygen atoms in total. The van der Waals surface area contributed by atoms with Crippen LogP contribution in [0, 0.1) is 0 Å². The summed E-state index contributed by atoms with van der Waals surface area (Å²) in [6.45, 7) is 4.77. The lowest BCUT2D eigenvalue weighted by Crippen LogP contribution is -2.25. The van der Waals surface area contributed by atoms with Crippen LogP contribution < -0.4 is 10.9 Å². The molecule has 0 aliphatic carbocycles. The van der Waals surface area contributed by atoms with Crippen LogP contribution in [0.3, 0.4) is 0 Å². The van der Waals surface area contributed by atoms with Crippen LogP contribution in [0.5, 0.6) is 0 Å². The second kappa shape index (κ2) is 8.17. The summed E-state index contributed by atoms with van der Waals surface area (Å²) in [5.74, 6) is 0. The topological polar surface area (TPSA) is 67.2 Å². The quantitative estimate of drug-likeness (QED) is 0.721. The molecule has 0 aliphatic rings. The van der Waals surface area contributed by atoms with Crippen LogP contribution in [0.15, 0.2) is 11.0 Å². The van der Waals surface area contributed by atoms with Gasteiger partial charge in [-0.2, -0.15) is 5.10 Å². The van der Waals surface area contributed by atoms with E-state index in [0.29, 0.717) is 5.69 Å². The van der Waals surface area contributed by atoms with Crippen LogP contribution in [-0.2, 0) is 0 Å². The van der Waals surface area contributed by atoms with Gasteiger partial charge in [0, 0.05) is 13.2 Å². The van der Waals surface area contributed by atoms with E-state index in [1.807, 2.05) is 13.8 Å². The summed E-state index contributed by atoms with van der Waals surface area (Å²) >= 11 is 6.04. The van der Waals surface area contributed by atoms with Gasteiger partial charge in [0.2, 0.25) is 0 Å². The van der Waals surface area contributed by atoms with E-state index in [0.717, 1.165) is 32.2 Å². The molecule has 1 heterocycles. The Balaban J connectivity index is 2.51. The molecule has 0 unspecified atom stereocenters. The predicted molar refractivity (Wildman–Crippen MR) is 77.9 cm³/mol. The molecule has 0 spiro atoms. The monoisotopic (exact) mass is 287 g/mol. The number of aliphatic hydroxyl groups is 1. The van der Waals surface area contributed by atoms with Gasteiger partial charge in [-0.1, -0.05) is 24.4 Å². The van der Waals surface area contributed by atoms with Gasteiger partial charge in [0.15, 0.2) is 0 Å². The number of hydrogen-bond acceptors (Lipinski definition) is 4. The lowest BCUT2D eigenvalue weighted by Gasteiger charge is -2.12. The molecule has 1 rings (SSSR count). The standard InChI is InChI=1S/C13H22ClN3O2/c1-10(2)17-13(19)12(14)11(9-16-17)15-7-5-3-4-6-8-18/h9-10,15,18H,3-8H2,1-2H3. The van der Waals surface area contributed by atoms with Gasteiger partial charge >= 0.3 is 0 Å². The van der Waals surface area contributed by atoms with E-state index in [-0.39, 0.29) is 23.2 Å². The molecule has 0 aliphatic heterocycles. The molecule has 0 atom stereocenters. The Hall–Kier alpha value is -1.07. The maximum Gasteiger partial charge on any atom is 0.287 e. The van der Waals surface area contributed by atoms with Crippen molar-refractivity contribution in [2.75, 3.05) is 18.5 Å². The minimum absolute atomic E-state index is 0.00229. The van der Waals surface area contributed by atoms with Crippen molar-refractivity contribution in [2.24, 2.45) is 0 Å². The summed E-state index contributed by atoms with van der Waals surface area (Å²) in [7, 11) is 0. The van der Waals surface area contributed by atoms with E-state index in [4.69, 9.17) is 16.7 Å². The second-order valence-corrected chi connectivity index (χ2v) is 5.16. The Morgan fingerprint density at radius 3 is 2.68 bits per heavy atom. The summed E-state index contributed by atoms with van der Waals surface area (Å²) in [4.78, 5) is 11.9. The first-order valence-corrected chi connectivity index (χ1v) is 7.07.